The highest BCUT2D eigenvalue weighted by atomic mass is 35.5. The van der Waals surface area contributed by atoms with E-state index in [1.54, 1.807) is 6.07 Å². The first-order chi connectivity index (χ1) is 11.0. The van der Waals surface area contributed by atoms with Crippen LogP contribution in [0.1, 0.15) is 34.2 Å². The fourth-order valence-corrected chi connectivity index (χ4v) is 2.91. The number of imidazole rings is 1. The molecule has 0 bridgehead atoms. The summed E-state index contributed by atoms with van der Waals surface area (Å²) in [5.41, 5.74) is 4.92. The van der Waals surface area contributed by atoms with E-state index in [1.807, 2.05) is 55.6 Å². The van der Waals surface area contributed by atoms with Crippen LogP contribution in [0.2, 0.25) is 5.02 Å². The fourth-order valence-electron chi connectivity index (χ4n) is 2.69. The van der Waals surface area contributed by atoms with Gasteiger partial charge in [-0.2, -0.15) is 0 Å². The molecule has 2 heterocycles. The number of amides is 1. The zero-order valence-electron chi connectivity index (χ0n) is 13.4. The third-order valence-electron chi connectivity index (χ3n) is 3.90. The van der Waals surface area contributed by atoms with Crippen molar-refractivity contribution in [3.63, 3.8) is 0 Å². The molecule has 23 heavy (non-hydrogen) atoms. The Hall–Kier alpha value is -2.33. The molecule has 0 aliphatic rings. The Morgan fingerprint density at radius 3 is 2.74 bits per heavy atom. The van der Waals surface area contributed by atoms with Crippen LogP contribution in [-0.4, -0.2) is 15.3 Å². The van der Waals surface area contributed by atoms with Crippen LogP contribution in [0.4, 0.5) is 5.69 Å². The smallest absolute Gasteiger partial charge is 0.274 e. The summed E-state index contributed by atoms with van der Waals surface area (Å²) >= 11 is 5.97. The van der Waals surface area contributed by atoms with Crippen molar-refractivity contribution in [1.82, 2.24) is 9.38 Å². The molecular formula is C18H18ClN3O. The van der Waals surface area contributed by atoms with Crippen LogP contribution in [-0.2, 0) is 6.42 Å². The van der Waals surface area contributed by atoms with Gasteiger partial charge in [-0.15, -0.1) is 0 Å². The summed E-state index contributed by atoms with van der Waals surface area (Å²) < 4.78 is 1.86. The third-order valence-corrected chi connectivity index (χ3v) is 4.14. The second kappa shape index (κ2) is 6.05. The number of halogens is 1. The summed E-state index contributed by atoms with van der Waals surface area (Å²) in [6, 6.07) is 9.33. The molecule has 1 aromatic carbocycles. The van der Waals surface area contributed by atoms with E-state index in [1.165, 1.54) is 0 Å². The number of nitrogens with one attached hydrogen (secondary N) is 1. The van der Waals surface area contributed by atoms with E-state index in [4.69, 9.17) is 11.6 Å². The second-order valence-electron chi connectivity index (χ2n) is 5.56. The number of anilines is 1. The highest BCUT2D eigenvalue weighted by Gasteiger charge is 2.19. The van der Waals surface area contributed by atoms with Crippen molar-refractivity contribution in [3.8, 4) is 0 Å². The van der Waals surface area contributed by atoms with Gasteiger partial charge in [-0.3, -0.25) is 9.20 Å². The van der Waals surface area contributed by atoms with Crippen molar-refractivity contribution in [2.24, 2.45) is 0 Å². The van der Waals surface area contributed by atoms with Crippen molar-refractivity contribution >= 4 is 28.8 Å². The molecule has 1 N–H and O–H groups in total. The Bertz CT molecular complexity index is 899. The van der Waals surface area contributed by atoms with Gasteiger partial charge in [0.25, 0.3) is 5.91 Å². The topological polar surface area (TPSA) is 46.4 Å². The van der Waals surface area contributed by atoms with E-state index in [9.17, 15) is 4.79 Å². The summed E-state index contributed by atoms with van der Waals surface area (Å²) in [7, 11) is 0. The average molecular weight is 328 g/mol. The molecule has 0 unspecified atom stereocenters. The minimum absolute atomic E-state index is 0.162. The number of carbonyl (C=O) groups excluding carboxylic acids is 1. The maximum Gasteiger partial charge on any atom is 0.274 e. The molecule has 0 saturated carbocycles. The summed E-state index contributed by atoms with van der Waals surface area (Å²) in [4.78, 5) is 17.4. The van der Waals surface area contributed by atoms with Gasteiger partial charge < -0.3 is 5.32 Å². The van der Waals surface area contributed by atoms with Crippen LogP contribution in [0, 0.1) is 13.8 Å². The average Bonchev–Trinajstić information content (AvgIpc) is 2.90. The van der Waals surface area contributed by atoms with Gasteiger partial charge in [0, 0.05) is 16.9 Å². The molecule has 118 valence electrons. The zero-order valence-corrected chi connectivity index (χ0v) is 14.1. The molecule has 1 amide bonds. The van der Waals surface area contributed by atoms with Crippen LogP contribution in [0.5, 0.6) is 0 Å². The molecule has 0 saturated heterocycles. The molecule has 3 aromatic rings. The van der Waals surface area contributed by atoms with Crippen molar-refractivity contribution < 1.29 is 4.79 Å². The van der Waals surface area contributed by atoms with E-state index in [0.717, 1.165) is 28.2 Å². The summed E-state index contributed by atoms with van der Waals surface area (Å²) in [5, 5.41) is 3.62. The lowest BCUT2D eigenvalue weighted by atomic mass is 10.2. The number of fused-ring (bicyclic) bond motifs is 1. The number of pyridine rings is 1. The molecule has 0 spiro atoms. The number of hydrogen-bond donors (Lipinski definition) is 1. The summed E-state index contributed by atoms with van der Waals surface area (Å²) in [6.07, 6.45) is 2.57. The Kier molecular flexibility index (Phi) is 4.09. The lowest BCUT2D eigenvalue weighted by Gasteiger charge is -2.09. The number of aryl methyl sites for hydroxylation is 3. The van der Waals surface area contributed by atoms with Gasteiger partial charge in [0.2, 0.25) is 0 Å². The third kappa shape index (κ3) is 2.82. The maximum absolute atomic E-state index is 12.8. The van der Waals surface area contributed by atoms with Crippen molar-refractivity contribution in [2.45, 2.75) is 27.2 Å². The number of carbonyl (C=O) groups is 1. The molecule has 4 nitrogen and oxygen atoms in total. The first kappa shape index (κ1) is 15.6. The summed E-state index contributed by atoms with van der Waals surface area (Å²) in [6.45, 7) is 5.91. The van der Waals surface area contributed by atoms with Gasteiger partial charge >= 0.3 is 0 Å². The second-order valence-corrected chi connectivity index (χ2v) is 6.00. The first-order valence-corrected chi connectivity index (χ1v) is 7.93. The molecule has 0 fully saturated rings. The Morgan fingerprint density at radius 1 is 1.26 bits per heavy atom. The Balaban J connectivity index is 2.05. The number of hydrogen-bond acceptors (Lipinski definition) is 2. The molecule has 0 atom stereocenters. The number of rotatable bonds is 3. The van der Waals surface area contributed by atoms with Crippen LogP contribution in [0.25, 0.3) is 5.65 Å². The molecule has 0 radical (unpaired) electrons. The number of benzene rings is 1. The lowest BCUT2D eigenvalue weighted by molar-refractivity contribution is 0.102. The minimum atomic E-state index is -0.162. The van der Waals surface area contributed by atoms with Crippen molar-refractivity contribution in [2.75, 3.05) is 5.32 Å². The fraction of sp³-hybridized carbons (Fsp3) is 0.222. The molecule has 3 rings (SSSR count). The molecule has 2 aromatic heterocycles. The first-order valence-electron chi connectivity index (χ1n) is 7.55. The monoisotopic (exact) mass is 327 g/mol. The van der Waals surface area contributed by atoms with E-state index in [2.05, 4.69) is 10.3 Å². The van der Waals surface area contributed by atoms with E-state index < -0.39 is 0 Å². The Labute approximate surface area is 140 Å². The number of nitrogens with zero attached hydrogens (tertiary/aromatic N) is 2. The normalized spacial score (nSPS) is 11.0. The van der Waals surface area contributed by atoms with Gasteiger partial charge in [0.15, 0.2) is 0 Å². The highest BCUT2D eigenvalue weighted by Crippen LogP contribution is 2.22. The molecule has 5 heteroatoms. The van der Waals surface area contributed by atoms with Gasteiger partial charge in [-0.1, -0.05) is 24.6 Å². The van der Waals surface area contributed by atoms with Crippen LogP contribution in [0.3, 0.4) is 0 Å². The SMILES string of the molecule is CCc1nc2c(C)cccn2c1C(=O)Nc1ccc(Cl)cc1C. The maximum atomic E-state index is 12.8. The molecular weight excluding hydrogens is 310 g/mol. The van der Waals surface area contributed by atoms with Crippen LogP contribution in [0.15, 0.2) is 36.5 Å². The predicted molar refractivity (Wildman–Crippen MR) is 93.4 cm³/mol. The van der Waals surface area contributed by atoms with Crippen LogP contribution < -0.4 is 5.32 Å². The summed E-state index contributed by atoms with van der Waals surface area (Å²) in [5.74, 6) is -0.162. The van der Waals surface area contributed by atoms with Gasteiger partial charge in [0.1, 0.15) is 11.3 Å². The van der Waals surface area contributed by atoms with E-state index in [-0.39, 0.29) is 5.91 Å². The lowest BCUT2D eigenvalue weighted by Crippen LogP contribution is -2.17. The standard InChI is InChI=1S/C18H18ClN3O/c1-4-14-16(22-9-5-6-11(2)17(22)20-14)18(23)21-15-8-7-13(19)10-12(15)3/h5-10H,4H2,1-3H3,(H,21,23). The largest absolute Gasteiger partial charge is 0.320 e. The van der Waals surface area contributed by atoms with Crippen LogP contribution >= 0.6 is 11.6 Å². The molecule has 0 aliphatic carbocycles. The predicted octanol–water partition coefficient (Wildman–Crippen LogP) is 4.42. The van der Waals surface area contributed by atoms with Crippen molar-refractivity contribution in [3.05, 3.63) is 64.1 Å². The van der Waals surface area contributed by atoms with Gasteiger partial charge in [-0.05, 0) is 55.7 Å². The Morgan fingerprint density at radius 2 is 2.04 bits per heavy atom. The number of aromatic nitrogens is 2. The molecule has 0 aliphatic heterocycles. The van der Waals surface area contributed by atoms with Crippen molar-refractivity contribution in [1.29, 1.82) is 0 Å². The van der Waals surface area contributed by atoms with E-state index in [0.29, 0.717) is 17.1 Å². The highest BCUT2D eigenvalue weighted by molar-refractivity contribution is 6.30. The van der Waals surface area contributed by atoms with E-state index >= 15 is 0 Å². The minimum Gasteiger partial charge on any atom is -0.320 e. The van der Waals surface area contributed by atoms with Gasteiger partial charge in [-0.25, -0.2) is 4.98 Å². The quantitative estimate of drug-likeness (QED) is 0.774. The van der Waals surface area contributed by atoms with Gasteiger partial charge in [0.05, 0.1) is 5.69 Å². The zero-order chi connectivity index (χ0) is 16.6.